The molecule has 3 aromatic carbocycles. The van der Waals surface area contributed by atoms with Crippen molar-refractivity contribution in [3.63, 3.8) is 0 Å². The number of carbonyl (C=O) groups is 3. The van der Waals surface area contributed by atoms with Crippen LogP contribution in [0.5, 0.6) is 5.75 Å². The van der Waals surface area contributed by atoms with E-state index in [1.165, 1.54) is 49.0 Å². The lowest BCUT2D eigenvalue weighted by atomic mass is 9.73. The molecule has 4 aromatic rings. The molecule has 12 nitrogen and oxygen atoms in total. The summed E-state index contributed by atoms with van der Waals surface area (Å²) in [6.45, 7) is 12.9. The van der Waals surface area contributed by atoms with Crippen LogP contribution in [0, 0.1) is 5.92 Å². The van der Waals surface area contributed by atoms with Crippen molar-refractivity contribution in [3.8, 4) is 11.4 Å². The number of aromatic nitrogens is 2. The molecular weight excluding hydrogens is 778 g/mol. The first-order valence-corrected chi connectivity index (χ1v) is 22.4. The van der Waals surface area contributed by atoms with Gasteiger partial charge in [0.05, 0.1) is 40.2 Å². The van der Waals surface area contributed by atoms with Crippen LogP contribution in [-0.4, -0.2) is 106 Å². The zero-order chi connectivity index (χ0) is 41.1. The molecule has 7 aliphatic rings. The van der Waals surface area contributed by atoms with Crippen LogP contribution in [0.2, 0.25) is 5.02 Å². The minimum Gasteiger partial charge on any atom is -0.492 e. The molecule has 312 valence electrons. The first-order chi connectivity index (χ1) is 29.0. The predicted molar refractivity (Wildman–Crippen MR) is 229 cm³/mol. The number of rotatable bonds is 5. The molecule has 3 amide bonds. The smallest absolute Gasteiger partial charge is 0.282 e. The van der Waals surface area contributed by atoms with Gasteiger partial charge in [-0.2, -0.15) is 4.98 Å². The van der Waals surface area contributed by atoms with E-state index >= 15 is 0 Å². The second-order valence-electron chi connectivity index (χ2n) is 19.0. The maximum Gasteiger partial charge on any atom is 0.282 e. The van der Waals surface area contributed by atoms with E-state index < -0.39 is 11.5 Å². The van der Waals surface area contributed by atoms with E-state index in [-0.39, 0.29) is 35.1 Å². The Morgan fingerprint density at radius 2 is 1.65 bits per heavy atom. The van der Waals surface area contributed by atoms with Crippen molar-refractivity contribution in [3.05, 3.63) is 92.0 Å². The summed E-state index contributed by atoms with van der Waals surface area (Å²) in [6, 6.07) is 16.5. The summed E-state index contributed by atoms with van der Waals surface area (Å²) >= 11 is 6.53. The van der Waals surface area contributed by atoms with Crippen molar-refractivity contribution in [1.29, 1.82) is 0 Å². The Morgan fingerprint density at radius 1 is 0.883 bits per heavy atom. The molecule has 13 heteroatoms. The van der Waals surface area contributed by atoms with Crippen LogP contribution in [0.1, 0.15) is 98.1 Å². The van der Waals surface area contributed by atoms with Crippen LogP contribution in [0.3, 0.4) is 0 Å². The van der Waals surface area contributed by atoms with Gasteiger partial charge in [0.1, 0.15) is 17.6 Å². The van der Waals surface area contributed by atoms with E-state index in [1.54, 1.807) is 11.0 Å². The van der Waals surface area contributed by atoms with Crippen LogP contribution in [0.25, 0.3) is 16.6 Å². The Morgan fingerprint density at radius 3 is 2.42 bits per heavy atom. The molecule has 11 rings (SSSR count). The normalized spacial score (nSPS) is 24.1. The second-order valence-corrected chi connectivity index (χ2v) is 19.4. The van der Waals surface area contributed by atoms with Crippen LogP contribution < -0.4 is 20.5 Å². The lowest BCUT2D eigenvalue weighted by molar-refractivity contribution is -0.136. The number of nitrogens with zero attached hydrogens (tertiary/aromatic N) is 6. The highest BCUT2D eigenvalue weighted by atomic mass is 35.5. The van der Waals surface area contributed by atoms with Crippen LogP contribution in [0.15, 0.2) is 53.3 Å². The summed E-state index contributed by atoms with van der Waals surface area (Å²) in [4.78, 5) is 65.0. The van der Waals surface area contributed by atoms with Gasteiger partial charge in [0.2, 0.25) is 11.8 Å². The summed E-state index contributed by atoms with van der Waals surface area (Å²) in [5.74, 6) is 1.50. The number of ether oxygens (including phenoxy) is 1. The lowest BCUT2D eigenvalue weighted by Gasteiger charge is -2.45. The maximum atomic E-state index is 13.4. The third-order valence-corrected chi connectivity index (χ3v) is 15.7. The SMILES string of the molecule is CC1(C)c2ccc(N3CCC(CN4CCC(N5CCC6(CC5)COc5c6ccc6c5CN([C@H]5CCC(=O)NC5=O)C6=O)CC4)CC3)cc2-n2c1nc(=O)c1c(Cl)cccc12. The highest BCUT2D eigenvalue weighted by Gasteiger charge is 2.48. The molecule has 1 N–H and O–H groups in total. The maximum absolute atomic E-state index is 13.4. The predicted octanol–water partition coefficient (Wildman–Crippen LogP) is 5.55. The Hall–Kier alpha value is -4.78. The van der Waals surface area contributed by atoms with Crippen molar-refractivity contribution >= 4 is 45.9 Å². The average molecular weight is 830 g/mol. The van der Waals surface area contributed by atoms with Crippen molar-refractivity contribution in [1.82, 2.24) is 29.6 Å². The fraction of sp³-hybridized carbons (Fsp3) is 0.511. The molecule has 0 radical (unpaired) electrons. The number of carbonyl (C=O) groups excluding carboxylic acids is 3. The summed E-state index contributed by atoms with van der Waals surface area (Å²) in [5, 5.41) is 3.32. The molecule has 4 saturated heterocycles. The first-order valence-electron chi connectivity index (χ1n) is 22.0. The number of fused-ring (bicyclic) bond motifs is 9. The fourth-order valence-electron chi connectivity index (χ4n) is 11.9. The summed E-state index contributed by atoms with van der Waals surface area (Å²) in [5.41, 5.74) is 6.33. The number of hydrogen-bond acceptors (Lipinski definition) is 9. The zero-order valence-electron chi connectivity index (χ0n) is 34.5. The Labute approximate surface area is 354 Å². The van der Waals surface area contributed by atoms with E-state index in [4.69, 9.17) is 16.3 Å². The number of piperidine rings is 4. The fourth-order valence-corrected chi connectivity index (χ4v) is 12.1. The molecular formula is C47H52ClN7O5. The molecule has 1 spiro atoms. The van der Waals surface area contributed by atoms with E-state index in [2.05, 4.69) is 67.7 Å². The Kier molecular flexibility index (Phi) is 8.99. The molecule has 8 heterocycles. The summed E-state index contributed by atoms with van der Waals surface area (Å²) in [7, 11) is 0. The standard InChI is InChI=1S/C47H52ClN7O5/c1-46(2)33-8-6-30(24-38(33)55-36-5-3-4-35(48)40(36)43(58)50-45(46)55)52-20-12-28(13-21-52)25-51-18-14-29(15-19-51)53-22-16-47(17-23-53)27-60-41-32-26-54(37-10-11-39(56)49-42(37)57)44(59)31(32)7-9-34(41)47/h3-9,24,28-29,37H,10-23,25-27H2,1-2H3,(H,49,56,57)/t37-/m0/s1. The van der Waals surface area contributed by atoms with Crippen LogP contribution in [-0.2, 0) is 27.0 Å². The van der Waals surface area contributed by atoms with E-state index in [9.17, 15) is 19.2 Å². The van der Waals surface area contributed by atoms with Gasteiger partial charge in [-0.3, -0.25) is 29.1 Å². The molecule has 0 aliphatic carbocycles. The van der Waals surface area contributed by atoms with Crippen molar-refractivity contribution < 1.29 is 19.1 Å². The molecule has 1 atom stereocenters. The quantitative estimate of drug-likeness (QED) is 0.259. The number of amides is 3. The molecule has 0 saturated carbocycles. The first kappa shape index (κ1) is 38.2. The van der Waals surface area contributed by atoms with Crippen LogP contribution >= 0.6 is 11.6 Å². The third kappa shape index (κ3) is 5.95. The van der Waals surface area contributed by atoms with Gasteiger partial charge in [-0.1, -0.05) is 29.8 Å². The highest BCUT2D eigenvalue weighted by Crippen LogP contribution is 2.50. The molecule has 1 aromatic heterocycles. The minimum atomic E-state index is -0.623. The van der Waals surface area contributed by atoms with E-state index in [1.807, 2.05) is 18.2 Å². The number of imide groups is 1. The highest BCUT2D eigenvalue weighted by molar-refractivity contribution is 6.35. The Balaban J connectivity index is 0.684. The van der Waals surface area contributed by atoms with E-state index in [0.29, 0.717) is 47.5 Å². The van der Waals surface area contributed by atoms with Gasteiger partial charge in [-0.05, 0) is 127 Å². The van der Waals surface area contributed by atoms with Gasteiger partial charge in [0.25, 0.3) is 11.5 Å². The van der Waals surface area contributed by atoms with Crippen molar-refractivity contribution in [2.75, 3.05) is 57.3 Å². The van der Waals surface area contributed by atoms with Gasteiger partial charge in [0, 0.05) is 59.9 Å². The number of halogens is 1. The number of hydrogen-bond donors (Lipinski definition) is 1. The number of benzene rings is 3. The zero-order valence-corrected chi connectivity index (χ0v) is 35.2. The molecule has 0 unspecified atom stereocenters. The minimum absolute atomic E-state index is 0.0389. The topological polar surface area (TPSA) is 120 Å². The molecule has 7 aliphatic heterocycles. The average Bonchev–Trinajstić information content (AvgIpc) is 3.85. The molecule has 0 bridgehead atoms. The van der Waals surface area contributed by atoms with Crippen LogP contribution in [0.4, 0.5) is 5.69 Å². The molecule has 4 fully saturated rings. The van der Waals surface area contributed by atoms with Crippen molar-refractivity contribution in [2.45, 2.75) is 94.7 Å². The largest absolute Gasteiger partial charge is 0.492 e. The molecule has 60 heavy (non-hydrogen) atoms. The summed E-state index contributed by atoms with van der Waals surface area (Å²) in [6.07, 6.45) is 7.45. The van der Waals surface area contributed by atoms with Gasteiger partial charge in [-0.15, -0.1) is 0 Å². The van der Waals surface area contributed by atoms with E-state index in [0.717, 1.165) is 80.5 Å². The number of anilines is 1. The van der Waals surface area contributed by atoms with Gasteiger partial charge in [0.15, 0.2) is 0 Å². The second kappa shape index (κ2) is 14.1. The van der Waals surface area contributed by atoms with Gasteiger partial charge < -0.3 is 24.3 Å². The van der Waals surface area contributed by atoms with Gasteiger partial charge in [-0.25, -0.2) is 0 Å². The number of likely N-dealkylation sites (tertiary alicyclic amines) is 2. The monoisotopic (exact) mass is 829 g/mol. The summed E-state index contributed by atoms with van der Waals surface area (Å²) < 4.78 is 8.59. The lowest BCUT2D eigenvalue weighted by Crippen LogP contribution is -2.52. The van der Waals surface area contributed by atoms with Gasteiger partial charge >= 0.3 is 0 Å². The van der Waals surface area contributed by atoms with Crippen molar-refractivity contribution in [2.24, 2.45) is 5.92 Å². The Bertz CT molecular complexity index is 2530. The third-order valence-electron chi connectivity index (χ3n) is 15.4. The number of nitrogens with one attached hydrogen (secondary N) is 1.